The van der Waals surface area contributed by atoms with E-state index in [1.807, 2.05) is 6.92 Å². The summed E-state index contributed by atoms with van der Waals surface area (Å²) in [5.74, 6) is -0.536. The quantitative estimate of drug-likeness (QED) is 0.0677. The molecule has 0 aliphatic heterocycles. The number of carbonyl (C=O) groups excluding carboxylic acids is 3. The van der Waals surface area contributed by atoms with Gasteiger partial charge in [0.1, 0.15) is 0 Å². The molecule has 0 heterocycles. The van der Waals surface area contributed by atoms with Gasteiger partial charge in [-0.25, -0.2) is 0 Å². The number of carbonyl (C=O) groups is 3. The van der Waals surface area contributed by atoms with Crippen LogP contribution in [0.25, 0.3) is 0 Å². The largest absolute Gasteiger partial charge is 1.00 e. The molecule has 12 heteroatoms. The number of hydrogen-bond donors (Lipinski definition) is 2. The van der Waals surface area contributed by atoms with Gasteiger partial charge in [0.2, 0.25) is 17.2 Å². The number of amides is 2. The first-order chi connectivity index (χ1) is 20.6. The first-order valence-corrected chi connectivity index (χ1v) is 16.9. The van der Waals surface area contributed by atoms with Crippen molar-refractivity contribution in [3.63, 3.8) is 0 Å². The first-order valence-electron chi connectivity index (χ1n) is 16.9. The normalized spacial score (nSPS) is 9.96. The molecule has 1 rings (SSSR count). The zero-order chi connectivity index (χ0) is 32.5. The Morgan fingerprint density at radius 2 is 1.08 bits per heavy atom. The van der Waals surface area contributed by atoms with Gasteiger partial charge in [0, 0.05) is 19.8 Å². The van der Waals surface area contributed by atoms with Crippen LogP contribution in [-0.4, -0.2) is 72.4 Å². The van der Waals surface area contributed by atoms with Gasteiger partial charge in [-0.2, -0.15) is 0 Å². The summed E-state index contributed by atoms with van der Waals surface area (Å²) in [7, 11) is 0. The third kappa shape index (κ3) is 26.3. The molecule has 0 atom stereocenters. The summed E-state index contributed by atoms with van der Waals surface area (Å²) >= 11 is 0. The van der Waals surface area contributed by atoms with E-state index in [1.165, 1.54) is 89.0 Å². The van der Waals surface area contributed by atoms with E-state index in [-0.39, 0.29) is 104 Å². The third-order valence-electron chi connectivity index (χ3n) is 7.76. The number of hydrogen-bond acceptors (Lipinski definition) is 8. The maximum atomic E-state index is 11.8. The van der Waals surface area contributed by atoms with Crippen LogP contribution in [0.2, 0.25) is 0 Å². The predicted octanol–water partition coefficient (Wildman–Crippen LogP) is 3.27. The molecule has 11 nitrogen and oxygen atoms in total. The summed E-state index contributed by atoms with van der Waals surface area (Å²) in [4.78, 5) is 57.0. The fourth-order valence-corrected chi connectivity index (χ4v) is 4.89. The molecule has 48 heavy (non-hydrogen) atoms. The van der Waals surface area contributed by atoms with Crippen molar-refractivity contribution in [3.8, 4) is 5.75 Å². The van der Waals surface area contributed by atoms with Crippen LogP contribution in [0, 0.1) is 0 Å². The Hall–Kier alpha value is -1.63. The van der Waals surface area contributed by atoms with E-state index in [2.05, 4.69) is 38.3 Å². The van der Waals surface area contributed by atoms with Crippen molar-refractivity contribution in [3.05, 3.63) is 26.0 Å². The minimum absolute atomic E-state index is 0. The van der Waals surface area contributed by atoms with Gasteiger partial charge in [0.05, 0.1) is 51.4 Å². The zero-order valence-corrected chi connectivity index (χ0v) is 32.1. The maximum Gasteiger partial charge on any atom is 1.00 e. The van der Waals surface area contributed by atoms with Gasteiger partial charge in [-0.1, -0.05) is 81.6 Å². The van der Waals surface area contributed by atoms with Gasteiger partial charge in [0.25, 0.3) is 5.43 Å². The van der Waals surface area contributed by atoms with Crippen LogP contribution in [0.15, 0.2) is 9.59 Å². The predicted molar refractivity (Wildman–Crippen MR) is 192 cm³/mol. The third-order valence-corrected chi connectivity index (χ3v) is 7.76. The van der Waals surface area contributed by atoms with Crippen LogP contribution in [0.1, 0.15) is 152 Å². The molecule has 0 radical (unpaired) electrons. The summed E-state index contributed by atoms with van der Waals surface area (Å²) in [5.41, 5.74) is -1.03. The van der Waals surface area contributed by atoms with E-state index in [1.54, 1.807) is 0 Å². The number of ether oxygens (including phenoxy) is 1. The van der Waals surface area contributed by atoms with Crippen LogP contribution < -0.4 is 55.8 Å². The summed E-state index contributed by atoms with van der Waals surface area (Å²) in [6.07, 6.45) is 14.3. The molecule has 0 unspecified atom stereocenters. The molecular weight excluding hydrogens is 625 g/mol. The number of nitrogens with zero attached hydrogens (tertiary/aromatic N) is 1. The molecule has 280 valence electrons. The van der Waals surface area contributed by atoms with Crippen molar-refractivity contribution in [2.45, 2.75) is 153 Å². The van der Waals surface area contributed by atoms with Crippen LogP contribution in [0.5, 0.6) is 5.75 Å². The van der Waals surface area contributed by atoms with Crippen molar-refractivity contribution < 1.29 is 64.1 Å². The van der Waals surface area contributed by atoms with Gasteiger partial charge >= 0.3 is 29.6 Å². The molecule has 0 spiro atoms. The molecule has 2 amide bonds. The minimum atomic E-state index is -0.636. The maximum absolute atomic E-state index is 11.8. The number of nitrogens with one attached hydrogen (secondary N) is 2. The van der Waals surface area contributed by atoms with Crippen LogP contribution in [0.4, 0.5) is 0 Å². The molecule has 0 fully saturated rings. The average molecular weight is 698 g/mol. The van der Waals surface area contributed by atoms with Gasteiger partial charge in [-0.05, 0) is 44.9 Å². The molecule has 4 N–H and O–H groups in total. The van der Waals surface area contributed by atoms with Crippen molar-refractivity contribution in [2.24, 2.45) is 0 Å². The molecule has 1 aromatic carbocycles. The Morgan fingerprint density at radius 3 is 1.50 bits per heavy atom. The van der Waals surface area contributed by atoms with E-state index < -0.39 is 10.9 Å². The Morgan fingerprint density at radius 1 is 0.646 bits per heavy atom. The molecule has 0 aromatic heterocycles. The zero-order valence-electron chi connectivity index (χ0n) is 30.1. The molecule has 0 aliphatic carbocycles. The van der Waals surface area contributed by atoms with E-state index in [0.29, 0.717) is 25.9 Å². The summed E-state index contributed by atoms with van der Waals surface area (Å²) in [6, 6.07) is 0. The Labute approximate surface area is 314 Å². The van der Waals surface area contributed by atoms with Crippen molar-refractivity contribution >= 4 is 17.6 Å². The second kappa shape index (κ2) is 36.6. The standard InChI is InChI=1S/C18H26N2O6.C16H36N.2CH4.Na.2H2O/c1-3-4-9-26-18-14(16(24)17(18)25)11-20-15(23)8-6-5-7-13(22)10-19-12(2)21;1-5-9-13-17(14-10-6-2,15-11-7-3)16-12-8-4;;;;;/h3-11H2,1-2H3,(H,19,21)(H,20,23);5-16H2,1-4H3;2*1H4;;2*1H2/q;+1;;;+1;;/p-2. The van der Waals surface area contributed by atoms with Crippen LogP contribution >= 0.6 is 0 Å². The Balaban J connectivity index is -0.000000178. The minimum Gasteiger partial charge on any atom is -0.870 e. The van der Waals surface area contributed by atoms with Gasteiger partial charge in [-0.3, -0.25) is 24.0 Å². The summed E-state index contributed by atoms with van der Waals surface area (Å²) < 4.78 is 6.72. The number of ketones is 1. The molecule has 0 saturated carbocycles. The van der Waals surface area contributed by atoms with Gasteiger partial charge < -0.3 is 30.8 Å². The molecule has 0 saturated heterocycles. The SMILES string of the molecule is C.C.CCCCOc1c(CNC(=O)CCCCC(=O)CNC(C)=O)c(=O)c1=O.CCCC[N+](CCCC)(CCCC)CCCC.[Na+].[OH-].[OH-]. The summed E-state index contributed by atoms with van der Waals surface area (Å²) in [5, 5.41) is 5.02. The second-order valence-electron chi connectivity index (χ2n) is 11.8. The fourth-order valence-electron chi connectivity index (χ4n) is 4.89. The number of unbranched alkanes of at least 4 members (excludes halogenated alkanes) is 6. The monoisotopic (exact) mass is 698 g/mol. The van der Waals surface area contributed by atoms with Gasteiger partial charge in [0.15, 0.2) is 11.5 Å². The smallest absolute Gasteiger partial charge is 0.870 e. The first kappa shape index (κ1) is 58.6. The van der Waals surface area contributed by atoms with E-state index in [4.69, 9.17) is 4.74 Å². The second-order valence-corrected chi connectivity index (χ2v) is 11.8. The van der Waals surface area contributed by atoms with E-state index >= 15 is 0 Å². The fraction of sp³-hybridized carbons (Fsp3) is 0.806. The van der Waals surface area contributed by atoms with Crippen LogP contribution in [0.3, 0.4) is 0 Å². The average Bonchev–Trinajstić information content (AvgIpc) is 3.00. The molecule has 1 aromatic rings. The van der Waals surface area contributed by atoms with Crippen molar-refractivity contribution in [2.75, 3.05) is 39.3 Å². The molecule has 0 aliphatic rings. The Kier molecular flexibility index (Phi) is 44.7. The Bertz CT molecular complexity index is 959. The number of rotatable bonds is 25. The number of quaternary nitrogens is 1. The van der Waals surface area contributed by atoms with Gasteiger partial charge in [-0.15, -0.1) is 0 Å². The van der Waals surface area contributed by atoms with E-state index in [0.717, 1.165) is 12.8 Å². The topological polar surface area (TPSA) is 179 Å². The molecular formula is C36H72N3NaO8. The van der Waals surface area contributed by atoms with E-state index in [9.17, 15) is 24.0 Å². The van der Waals surface area contributed by atoms with Crippen LogP contribution in [-0.2, 0) is 20.9 Å². The van der Waals surface area contributed by atoms with Crippen molar-refractivity contribution in [1.82, 2.24) is 10.6 Å². The number of Topliss-reactive ketones (excluding diaryl/α,β-unsaturated/α-hetero) is 1. The van der Waals surface area contributed by atoms with Crippen molar-refractivity contribution in [1.29, 1.82) is 0 Å². The molecule has 0 bridgehead atoms. The summed E-state index contributed by atoms with van der Waals surface area (Å²) in [6.45, 7) is 18.7.